The van der Waals surface area contributed by atoms with Gasteiger partial charge in [-0.2, -0.15) is 0 Å². The van der Waals surface area contributed by atoms with Crippen molar-refractivity contribution in [3.8, 4) is 0 Å². The van der Waals surface area contributed by atoms with Crippen LogP contribution in [0, 0.1) is 0 Å². The maximum Gasteiger partial charge on any atom is 0.332 e. The van der Waals surface area contributed by atoms with Crippen LogP contribution < -0.4 is 11.2 Å². The number of aryl methyl sites for hydroxylation is 2. The molecule has 0 atom stereocenters. The van der Waals surface area contributed by atoms with E-state index in [1.807, 2.05) is 4.57 Å². The molecular formula is C18H28N4O2S. The predicted octanol–water partition coefficient (Wildman–Crippen LogP) is 3.14. The molecule has 0 spiro atoms. The minimum Gasteiger partial charge on any atom is -0.312 e. The Kier molecular flexibility index (Phi) is 6.04. The van der Waals surface area contributed by atoms with Gasteiger partial charge in [-0.25, -0.2) is 9.78 Å². The molecule has 1 aliphatic heterocycles. The van der Waals surface area contributed by atoms with Crippen LogP contribution in [0.1, 0.15) is 58.3 Å². The van der Waals surface area contributed by atoms with E-state index in [2.05, 4.69) is 11.9 Å². The van der Waals surface area contributed by atoms with Crippen molar-refractivity contribution in [2.24, 2.45) is 7.05 Å². The number of fused-ring (bicyclic) bond motifs is 3. The second-order valence-corrected chi connectivity index (χ2v) is 7.90. The zero-order valence-corrected chi connectivity index (χ0v) is 16.1. The molecule has 3 rings (SSSR count). The predicted molar refractivity (Wildman–Crippen MR) is 103 cm³/mol. The fourth-order valence-electron chi connectivity index (χ4n) is 3.50. The molecule has 1 aliphatic rings. The van der Waals surface area contributed by atoms with Gasteiger partial charge in [-0.1, -0.05) is 63.6 Å². The Morgan fingerprint density at radius 1 is 1.04 bits per heavy atom. The third-order valence-electron chi connectivity index (χ3n) is 4.98. The van der Waals surface area contributed by atoms with Gasteiger partial charge in [0.25, 0.3) is 5.56 Å². The molecule has 0 bridgehead atoms. The van der Waals surface area contributed by atoms with Gasteiger partial charge in [0.2, 0.25) is 0 Å². The van der Waals surface area contributed by atoms with Crippen LogP contribution in [0.5, 0.6) is 0 Å². The summed E-state index contributed by atoms with van der Waals surface area (Å²) in [5.74, 6) is 0.943. The monoisotopic (exact) mass is 364 g/mol. The molecule has 7 heteroatoms. The number of nitrogens with zero attached hydrogens (tertiary/aromatic N) is 4. The van der Waals surface area contributed by atoms with Crippen molar-refractivity contribution in [3.63, 3.8) is 0 Å². The molecule has 0 fully saturated rings. The Bertz CT molecular complexity index is 849. The molecule has 0 radical (unpaired) electrons. The fourth-order valence-corrected chi connectivity index (χ4v) is 4.44. The minimum atomic E-state index is -0.248. The van der Waals surface area contributed by atoms with Crippen LogP contribution in [0.25, 0.3) is 11.2 Å². The summed E-state index contributed by atoms with van der Waals surface area (Å²) in [6, 6.07) is 0. The molecule has 138 valence electrons. The van der Waals surface area contributed by atoms with E-state index in [-0.39, 0.29) is 11.2 Å². The van der Waals surface area contributed by atoms with Gasteiger partial charge in [0.15, 0.2) is 16.3 Å². The molecule has 0 saturated heterocycles. The van der Waals surface area contributed by atoms with Gasteiger partial charge in [0, 0.05) is 25.9 Å². The van der Waals surface area contributed by atoms with Crippen LogP contribution in [0.4, 0.5) is 0 Å². The normalized spacial score (nSPS) is 13.7. The molecule has 2 aromatic heterocycles. The second-order valence-electron chi connectivity index (χ2n) is 6.84. The molecule has 2 aromatic rings. The highest BCUT2D eigenvalue weighted by molar-refractivity contribution is 7.99. The van der Waals surface area contributed by atoms with Gasteiger partial charge in [-0.3, -0.25) is 13.9 Å². The molecular weight excluding hydrogens is 336 g/mol. The molecule has 0 N–H and O–H groups in total. The first-order valence-electron chi connectivity index (χ1n) is 9.48. The second kappa shape index (κ2) is 8.25. The maximum atomic E-state index is 12.8. The van der Waals surface area contributed by atoms with Gasteiger partial charge >= 0.3 is 5.69 Å². The van der Waals surface area contributed by atoms with Crippen molar-refractivity contribution in [1.29, 1.82) is 0 Å². The summed E-state index contributed by atoms with van der Waals surface area (Å²) >= 11 is 1.64. The summed E-state index contributed by atoms with van der Waals surface area (Å²) in [4.78, 5) is 29.9. The lowest BCUT2D eigenvalue weighted by atomic mass is 10.1. The maximum absolute atomic E-state index is 12.8. The van der Waals surface area contributed by atoms with Crippen LogP contribution >= 0.6 is 11.8 Å². The van der Waals surface area contributed by atoms with E-state index in [4.69, 9.17) is 0 Å². The van der Waals surface area contributed by atoms with Crippen molar-refractivity contribution in [1.82, 2.24) is 18.7 Å². The van der Waals surface area contributed by atoms with Crippen molar-refractivity contribution >= 4 is 22.9 Å². The van der Waals surface area contributed by atoms with Gasteiger partial charge in [0.05, 0.1) is 0 Å². The first kappa shape index (κ1) is 18.3. The Morgan fingerprint density at radius 3 is 2.44 bits per heavy atom. The van der Waals surface area contributed by atoms with E-state index in [9.17, 15) is 9.59 Å². The fraction of sp³-hybridized carbons (Fsp3) is 0.722. The van der Waals surface area contributed by atoms with E-state index in [1.54, 1.807) is 18.8 Å². The Labute approximate surface area is 152 Å². The van der Waals surface area contributed by atoms with Crippen molar-refractivity contribution < 1.29 is 0 Å². The third-order valence-corrected chi connectivity index (χ3v) is 5.94. The minimum absolute atomic E-state index is 0.178. The number of aromatic nitrogens is 4. The number of unbranched alkanes of at least 4 members (excludes halogenated alkanes) is 7. The van der Waals surface area contributed by atoms with Crippen LogP contribution in [0.15, 0.2) is 14.7 Å². The van der Waals surface area contributed by atoms with E-state index in [1.165, 1.54) is 47.7 Å². The third kappa shape index (κ3) is 3.71. The van der Waals surface area contributed by atoms with Gasteiger partial charge in [0.1, 0.15) is 0 Å². The van der Waals surface area contributed by atoms with E-state index in [0.717, 1.165) is 30.3 Å². The number of thioether (sulfide) groups is 1. The average molecular weight is 365 g/mol. The highest BCUT2D eigenvalue weighted by Crippen LogP contribution is 2.27. The van der Waals surface area contributed by atoms with E-state index in [0.29, 0.717) is 17.7 Å². The topological polar surface area (TPSA) is 61.8 Å². The van der Waals surface area contributed by atoms with Crippen molar-refractivity contribution in [2.75, 3.05) is 5.75 Å². The van der Waals surface area contributed by atoms with Crippen molar-refractivity contribution in [3.05, 3.63) is 20.8 Å². The Morgan fingerprint density at radius 2 is 1.72 bits per heavy atom. The largest absolute Gasteiger partial charge is 0.332 e. The zero-order valence-electron chi connectivity index (χ0n) is 15.3. The highest BCUT2D eigenvalue weighted by Gasteiger charge is 2.23. The molecule has 0 saturated carbocycles. The summed E-state index contributed by atoms with van der Waals surface area (Å²) in [7, 11) is 1.71. The van der Waals surface area contributed by atoms with Crippen molar-refractivity contribution in [2.45, 2.75) is 76.5 Å². The molecule has 6 nitrogen and oxygen atoms in total. The SMILES string of the molecule is CCCCCCCCCCn1c(=O)c2c(nc3n2CCS3)n(C)c1=O. The lowest BCUT2D eigenvalue weighted by Crippen LogP contribution is -2.39. The summed E-state index contributed by atoms with van der Waals surface area (Å²) < 4.78 is 4.89. The van der Waals surface area contributed by atoms with Crippen LogP contribution in [-0.2, 0) is 20.1 Å². The smallest absolute Gasteiger partial charge is 0.312 e. The average Bonchev–Trinajstić information content (AvgIpc) is 3.18. The van der Waals surface area contributed by atoms with Crippen LogP contribution in [-0.4, -0.2) is 24.4 Å². The standard InChI is InChI=1S/C18H28N4O2S/c1-3-4-5-6-7-8-9-10-11-22-16(23)14-15(20(2)18(22)24)19-17-21(14)12-13-25-17/h3-13H2,1-2H3. The Hall–Kier alpha value is -1.50. The van der Waals surface area contributed by atoms with E-state index >= 15 is 0 Å². The zero-order chi connectivity index (χ0) is 17.8. The van der Waals surface area contributed by atoms with E-state index < -0.39 is 0 Å². The molecule has 0 aromatic carbocycles. The lowest BCUT2D eigenvalue weighted by Gasteiger charge is -2.09. The number of hydrogen-bond acceptors (Lipinski definition) is 4. The number of hydrogen-bond donors (Lipinski definition) is 0. The molecule has 3 heterocycles. The summed E-state index contributed by atoms with van der Waals surface area (Å²) in [6.07, 6.45) is 9.58. The van der Waals surface area contributed by atoms with Crippen LogP contribution in [0.2, 0.25) is 0 Å². The van der Waals surface area contributed by atoms with Gasteiger partial charge < -0.3 is 4.57 Å². The molecule has 0 aliphatic carbocycles. The Balaban J connectivity index is 1.68. The number of rotatable bonds is 9. The highest BCUT2D eigenvalue weighted by atomic mass is 32.2. The van der Waals surface area contributed by atoms with Gasteiger partial charge in [-0.05, 0) is 6.42 Å². The van der Waals surface area contributed by atoms with Crippen LogP contribution in [0.3, 0.4) is 0 Å². The number of imidazole rings is 1. The molecule has 0 unspecified atom stereocenters. The first-order valence-corrected chi connectivity index (χ1v) is 10.5. The van der Waals surface area contributed by atoms with Gasteiger partial charge in [-0.15, -0.1) is 0 Å². The summed E-state index contributed by atoms with van der Waals surface area (Å²) in [5.41, 5.74) is 0.676. The first-order chi connectivity index (χ1) is 12.1. The molecule has 0 amide bonds. The lowest BCUT2D eigenvalue weighted by molar-refractivity contribution is 0.519. The summed E-state index contributed by atoms with van der Waals surface area (Å²) in [6.45, 7) is 3.52. The summed E-state index contributed by atoms with van der Waals surface area (Å²) in [5, 5.41) is 0.854. The quantitative estimate of drug-likeness (QED) is 0.641. The molecule has 25 heavy (non-hydrogen) atoms.